The van der Waals surface area contributed by atoms with Crippen molar-refractivity contribution in [3.63, 3.8) is 0 Å². The number of hydrogen-bond acceptors (Lipinski definition) is 2. The van der Waals surface area contributed by atoms with Crippen molar-refractivity contribution >= 4 is 17.5 Å². The summed E-state index contributed by atoms with van der Waals surface area (Å²) in [6.45, 7) is 2.11. The van der Waals surface area contributed by atoms with Gasteiger partial charge in [0.15, 0.2) is 0 Å². The van der Waals surface area contributed by atoms with E-state index >= 15 is 0 Å². The Kier molecular flexibility index (Phi) is 8.14. The zero-order valence-corrected chi connectivity index (χ0v) is 8.81. The number of alkyl halides is 1. The van der Waals surface area contributed by atoms with Crippen LogP contribution in [0, 0.1) is 0 Å². The van der Waals surface area contributed by atoms with Gasteiger partial charge in [-0.2, -0.15) is 0 Å². The molecule has 0 aromatic rings. The average molecular weight is 208 g/mol. The van der Waals surface area contributed by atoms with Gasteiger partial charge in [0.05, 0.1) is 0 Å². The highest BCUT2D eigenvalue weighted by Gasteiger charge is 2.08. The molecule has 1 amide bonds. The SMILES string of the molecule is CCC(CCO)NC(=O)CCCCl. The Balaban J connectivity index is 3.60. The predicted molar refractivity (Wildman–Crippen MR) is 53.9 cm³/mol. The molecule has 0 aliphatic rings. The van der Waals surface area contributed by atoms with Crippen molar-refractivity contribution in [1.82, 2.24) is 5.32 Å². The van der Waals surface area contributed by atoms with Crippen molar-refractivity contribution in [2.24, 2.45) is 0 Å². The fourth-order valence-electron chi connectivity index (χ4n) is 1.06. The molecule has 0 fully saturated rings. The number of nitrogens with one attached hydrogen (secondary N) is 1. The van der Waals surface area contributed by atoms with E-state index in [1.165, 1.54) is 0 Å². The molecule has 0 radical (unpaired) electrons. The second kappa shape index (κ2) is 8.32. The van der Waals surface area contributed by atoms with Crippen molar-refractivity contribution in [3.05, 3.63) is 0 Å². The fourth-order valence-corrected chi connectivity index (χ4v) is 1.20. The first-order chi connectivity index (χ1) is 6.24. The summed E-state index contributed by atoms with van der Waals surface area (Å²) in [4.78, 5) is 11.2. The highest BCUT2D eigenvalue weighted by molar-refractivity contribution is 6.17. The van der Waals surface area contributed by atoms with Gasteiger partial charge >= 0.3 is 0 Å². The molecule has 1 atom stereocenters. The molecule has 0 bridgehead atoms. The van der Waals surface area contributed by atoms with Gasteiger partial charge in [0, 0.05) is 24.9 Å². The molecule has 0 aromatic carbocycles. The molecule has 0 aliphatic heterocycles. The molecule has 0 heterocycles. The first-order valence-electron chi connectivity index (χ1n) is 4.70. The largest absolute Gasteiger partial charge is 0.396 e. The normalized spacial score (nSPS) is 12.5. The van der Waals surface area contributed by atoms with Crippen molar-refractivity contribution < 1.29 is 9.90 Å². The van der Waals surface area contributed by atoms with Crippen LogP contribution in [0.4, 0.5) is 0 Å². The molecule has 0 rings (SSSR count). The first-order valence-corrected chi connectivity index (χ1v) is 5.24. The Morgan fingerprint density at radius 3 is 2.77 bits per heavy atom. The van der Waals surface area contributed by atoms with Crippen LogP contribution in [0.25, 0.3) is 0 Å². The maximum absolute atomic E-state index is 11.2. The van der Waals surface area contributed by atoms with E-state index in [1.807, 2.05) is 6.92 Å². The Bertz CT molecular complexity index is 142. The molecule has 0 aromatic heterocycles. The van der Waals surface area contributed by atoms with Crippen LogP contribution in [0.1, 0.15) is 32.6 Å². The van der Waals surface area contributed by atoms with Gasteiger partial charge in [-0.3, -0.25) is 4.79 Å². The smallest absolute Gasteiger partial charge is 0.220 e. The summed E-state index contributed by atoms with van der Waals surface area (Å²) in [6, 6.07) is 0.104. The van der Waals surface area contributed by atoms with E-state index < -0.39 is 0 Å². The molecule has 1 unspecified atom stereocenters. The lowest BCUT2D eigenvalue weighted by Crippen LogP contribution is -2.34. The minimum absolute atomic E-state index is 0.0287. The van der Waals surface area contributed by atoms with Crippen LogP contribution < -0.4 is 5.32 Å². The summed E-state index contributed by atoms with van der Waals surface area (Å²) < 4.78 is 0. The van der Waals surface area contributed by atoms with Crippen LogP contribution >= 0.6 is 11.6 Å². The molecule has 0 saturated heterocycles. The van der Waals surface area contributed by atoms with Gasteiger partial charge in [0.25, 0.3) is 0 Å². The minimum atomic E-state index is 0.0287. The summed E-state index contributed by atoms with van der Waals surface area (Å²) in [6.07, 6.45) is 2.67. The first kappa shape index (κ1) is 12.7. The van der Waals surface area contributed by atoms with Crippen LogP contribution in [-0.2, 0) is 4.79 Å². The number of hydrogen-bond donors (Lipinski definition) is 2. The van der Waals surface area contributed by atoms with Crippen molar-refractivity contribution in [1.29, 1.82) is 0 Å². The highest BCUT2D eigenvalue weighted by atomic mass is 35.5. The van der Waals surface area contributed by atoms with E-state index in [4.69, 9.17) is 16.7 Å². The Morgan fingerprint density at radius 1 is 1.62 bits per heavy atom. The molecule has 78 valence electrons. The number of amides is 1. The monoisotopic (exact) mass is 207 g/mol. The maximum Gasteiger partial charge on any atom is 0.220 e. The van der Waals surface area contributed by atoms with Crippen LogP contribution in [0.15, 0.2) is 0 Å². The number of aliphatic hydroxyl groups is 1. The van der Waals surface area contributed by atoms with Gasteiger partial charge in [0.1, 0.15) is 0 Å². The fraction of sp³-hybridized carbons (Fsp3) is 0.889. The average Bonchev–Trinajstić information content (AvgIpc) is 2.14. The zero-order chi connectivity index (χ0) is 10.1. The Labute approximate surface area is 84.5 Å². The quantitative estimate of drug-likeness (QED) is 0.618. The molecule has 0 spiro atoms. The van der Waals surface area contributed by atoms with Gasteiger partial charge in [-0.05, 0) is 19.3 Å². The molecular formula is C9H18ClNO2. The van der Waals surface area contributed by atoms with E-state index in [0.717, 1.165) is 6.42 Å². The van der Waals surface area contributed by atoms with Crippen LogP contribution in [-0.4, -0.2) is 29.5 Å². The molecule has 2 N–H and O–H groups in total. The number of aliphatic hydroxyl groups excluding tert-OH is 1. The molecule has 4 heteroatoms. The molecule has 0 aliphatic carbocycles. The van der Waals surface area contributed by atoms with Gasteiger partial charge in [0.2, 0.25) is 5.91 Å². The van der Waals surface area contributed by atoms with Crippen molar-refractivity contribution in [2.75, 3.05) is 12.5 Å². The van der Waals surface area contributed by atoms with Crippen LogP contribution in [0.5, 0.6) is 0 Å². The van der Waals surface area contributed by atoms with Crippen LogP contribution in [0.3, 0.4) is 0 Å². The third kappa shape index (κ3) is 6.84. The molecule has 3 nitrogen and oxygen atoms in total. The van der Waals surface area contributed by atoms with Gasteiger partial charge in [-0.15, -0.1) is 11.6 Å². The Hall–Kier alpha value is -0.280. The molecule has 0 saturated carbocycles. The minimum Gasteiger partial charge on any atom is -0.396 e. The standard InChI is InChI=1S/C9H18ClNO2/c1-2-8(5-7-12)11-9(13)4-3-6-10/h8,12H,2-7H2,1H3,(H,11,13). The predicted octanol–water partition coefficient (Wildman–Crippen LogP) is 1.28. The summed E-state index contributed by atoms with van der Waals surface area (Å²) in [5.41, 5.74) is 0. The van der Waals surface area contributed by atoms with E-state index in [0.29, 0.717) is 25.1 Å². The van der Waals surface area contributed by atoms with Crippen molar-refractivity contribution in [3.8, 4) is 0 Å². The lowest BCUT2D eigenvalue weighted by molar-refractivity contribution is -0.121. The van der Waals surface area contributed by atoms with Gasteiger partial charge in [-0.25, -0.2) is 0 Å². The maximum atomic E-state index is 11.2. The van der Waals surface area contributed by atoms with E-state index in [-0.39, 0.29) is 18.6 Å². The third-order valence-corrected chi connectivity index (χ3v) is 2.14. The van der Waals surface area contributed by atoms with E-state index in [2.05, 4.69) is 5.32 Å². The summed E-state index contributed by atoms with van der Waals surface area (Å²) in [5.74, 6) is 0.547. The highest BCUT2D eigenvalue weighted by Crippen LogP contribution is 1.98. The summed E-state index contributed by atoms with van der Waals surface area (Å²) in [5, 5.41) is 11.5. The van der Waals surface area contributed by atoms with E-state index in [9.17, 15) is 4.79 Å². The number of carbonyl (C=O) groups is 1. The van der Waals surface area contributed by atoms with E-state index in [1.54, 1.807) is 0 Å². The number of halogens is 1. The van der Waals surface area contributed by atoms with Crippen molar-refractivity contribution in [2.45, 2.75) is 38.6 Å². The number of rotatable bonds is 7. The second-order valence-corrected chi connectivity index (χ2v) is 3.36. The van der Waals surface area contributed by atoms with Gasteiger partial charge in [-0.1, -0.05) is 6.92 Å². The lowest BCUT2D eigenvalue weighted by atomic mass is 10.1. The summed E-state index contributed by atoms with van der Waals surface area (Å²) >= 11 is 5.46. The third-order valence-electron chi connectivity index (χ3n) is 1.87. The van der Waals surface area contributed by atoms with Gasteiger partial charge < -0.3 is 10.4 Å². The summed E-state index contributed by atoms with van der Waals surface area (Å²) in [7, 11) is 0. The second-order valence-electron chi connectivity index (χ2n) is 2.98. The Morgan fingerprint density at radius 2 is 2.31 bits per heavy atom. The number of carbonyl (C=O) groups excluding carboxylic acids is 1. The zero-order valence-electron chi connectivity index (χ0n) is 8.05. The molecule has 13 heavy (non-hydrogen) atoms. The molecular weight excluding hydrogens is 190 g/mol. The topological polar surface area (TPSA) is 49.3 Å². The van der Waals surface area contributed by atoms with Crippen LogP contribution in [0.2, 0.25) is 0 Å². The lowest BCUT2D eigenvalue weighted by Gasteiger charge is -2.15.